The van der Waals surface area contributed by atoms with Crippen molar-refractivity contribution in [1.82, 2.24) is 10.2 Å². The highest BCUT2D eigenvalue weighted by molar-refractivity contribution is 5.77. The van der Waals surface area contributed by atoms with Crippen molar-refractivity contribution in [2.24, 2.45) is 5.92 Å². The van der Waals surface area contributed by atoms with Gasteiger partial charge in [0.2, 0.25) is 0 Å². The minimum Gasteiger partial charge on any atom is -0.497 e. The first-order valence-electron chi connectivity index (χ1n) is 7.19. The number of carbonyl (C=O) groups is 2. The summed E-state index contributed by atoms with van der Waals surface area (Å²) in [4.78, 5) is 24.5. The maximum atomic E-state index is 12.0. The molecule has 22 heavy (non-hydrogen) atoms. The Bertz CT molecular complexity index is 546. The van der Waals surface area contributed by atoms with Crippen LogP contribution in [0, 0.1) is 5.92 Å². The number of ether oxygens (including phenoxy) is 1. The SMILES string of the molecule is COc1ccc(/C=C/NC(=O)N2CCC(C(=O)O)CC2)cc1. The monoisotopic (exact) mass is 304 g/mol. The van der Waals surface area contributed by atoms with Gasteiger partial charge in [-0.15, -0.1) is 0 Å². The highest BCUT2D eigenvalue weighted by atomic mass is 16.5. The molecule has 0 atom stereocenters. The molecule has 0 bridgehead atoms. The van der Waals surface area contributed by atoms with E-state index in [2.05, 4.69) is 5.32 Å². The Hall–Kier alpha value is -2.50. The summed E-state index contributed by atoms with van der Waals surface area (Å²) in [6, 6.07) is 7.27. The minimum absolute atomic E-state index is 0.200. The Kier molecular flexibility index (Phi) is 5.41. The molecule has 0 aromatic heterocycles. The number of amides is 2. The molecule has 0 radical (unpaired) electrons. The lowest BCUT2D eigenvalue weighted by Gasteiger charge is -2.29. The van der Waals surface area contributed by atoms with E-state index in [4.69, 9.17) is 9.84 Å². The minimum atomic E-state index is -0.778. The van der Waals surface area contributed by atoms with Crippen LogP contribution in [0.1, 0.15) is 18.4 Å². The molecule has 1 saturated heterocycles. The first-order valence-corrected chi connectivity index (χ1v) is 7.19. The van der Waals surface area contributed by atoms with Crippen LogP contribution in [0.5, 0.6) is 5.75 Å². The molecule has 1 aliphatic rings. The standard InChI is InChI=1S/C16H20N2O4/c1-22-14-4-2-12(3-5-14)6-9-17-16(21)18-10-7-13(8-11-18)15(19)20/h2-6,9,13H,7-8,10-11H2,1H3,(H,17,21)(H,19,20)/b9-6+. The van der Waals surface area contributed by atoms with Crippen LogP contribution < -0.4 is 10.1 Å². The molecule has 1 fully saturated rings. The van der Waals surface area contributed by atoms with Gasteiger partial charge in [-0.1, -0.05) is 12.1 Å². The van der Waals surface area contributed by atoms with Crippen LogP contribution in [-0.2, 0) is 4.79 Å². The Morgan fingerprint density at radius 3 is 2.45 bits per heavy atom. The molecule has 0 unspecified atom stereocenters. The fourth-order valence-electron chi connectivity index (χ4n) is 2.35. The third kappa shape index (κ3) is 4.25. The number of hydrogen-bond donors (Lipinski definition) is 2. The van der Waals surface area contributed by atoms with E-state index in [0.29, 0.717) is 25.9 Å². The topological polar surface area (TPSA) is 78.9 Å². The number of aliphatic carboxylic acids is 1. The molecule has 2 rings (SSSR count). The van der Waals surface area contributed by atoms with Crippen LogP contribution in [0.15, 0.2) is 30.5 Å². The fraction of sp³-hybridized carbons (Fsp3) is 0.375. The molecule has 118 valence electrons. The molecule has 6 heteroatoms. The second kappa shape index (κ2) is 7.49. The van der Waals surface area contributed by atoms with Crippen LogP contribution in [0.2, 0.25) is 0 Å². The number of nitrogens with zero attached hydrogens (tertiary/aromatic N) is 1. The maximum absolute atomic E-state index is 12.0. The summed E-state index contributed by atoms with van der Waals surface area (Å²) in [5.41, 5.74) is 0.950. The molecule has 0 aliphatic carbocycles. The van der Waals surface area contributed by atoms with Crippen LogP contribution in [0.25, 0.3) is 6.08 Å². The Morgan fingerprint density at radius 1 is 1.27 bits per heavy atom. The van der Waals surface area contributed by atoms with Crippen molar-refractivity contribution in [2.45, 2.75) is 12.8 Å². The summed E-state index contributed by atoms with van der Waals surface area (Å²) in [5.74, 6) is -0.333. The van der Waals surface area contributed by atoms with Crippen molar-refractivity contribution >= 4 is 18.1 Å². The van der Waals surface area contributed by atoms with Gasteiger partial charge >= 0.3 is 12.0 Å². The summed E-state index contributed by atoms with van der Waals surface area (Å²) < 4.78 is 5.07. The number of carboxylic acid groups (broad SMARTS) is 1. The number of carboxylic acids is 1. The van der Waals surface area contributed by atoms with E-state index >= 15 is 0 Å². The van der Waals surface area contributed by atoms with E-state index in [1.165, 1.54) is 0 Å². The van der Waals surface area contributed by atoms with E-state index < -0.39 is 5.97 Å². The van der Waals surface area contributed by atoms with Gasteiger partial charge in [0.05, 0.1) is 13.0 Å². The van der Waals surface area contributed by atoms with Gasteiger partial charge in [-0.2, -0.15) is 0 Å². The summed E-state index contributed by atoms with van der Waals surface area (Å²) in [7, 11) is 1.61. The number of carbonyl (C=O) groups excluding carboxylic acids is 1. The fourth-order valence-corrected chi connectivity index (χ4v) is 2.35. The number of hydrogen-bond acceptors (Lipinski definition) is 3. The van der Waals surface area contributed by atoms with Gasteiger partial charge < -0.3 is 20.1 Å². The van der Waals surface area contributed by atoms with E-state index in [0.717, 1.165) is 11.3 Å². The first-order chi connectivity index (χ1) is 10.6. The van der Waals surface area contributed by atoms with Gasteiger partial charge in [0.15, 0.2) is 0 Å². The van der Waals surface area contributed by atoms with Crippen LogP contribution in [-0.4, -0.2) is 42.2 Å². The number of methoxy groups -OCH3 is 1. The van der Waals surface area contributed by atoms with Crippen LogP contribution >= 0.6 is 0 Å². The number of rotatable bonds is 4. The van der Waals surface area contributed by atoms with E-state index in [-0.39, 0.29) is 11.9 Å². The molecule has 2 amide bonds. The predicted octanol–water partition coefficient (Wildman–Crippen LogP) is 2.17. The highest BCUT2D eigenvalue weighted by Crippen LogP contribution is 2.17. The number of piperidine rings is 1. The van der Waals surface area contributed by atoms with Crippen molar-refractivity contribution < 1.29 is 19.4 Å². The van der Waals surface area contributed by atoms with Gasteiger partial charge in [-0.05, 0) is 36.6 Å². The second-order valence-electron chi connectivity index (χ2n) is 5.16. The molecular weight excluding hydrogens is 284 g/mol. The quantitative estimate of drug-likeness (QED) is 0.893. The molecule has 1 aromatic carbocycles. The number of benzene rings is 1. The number of urea groups is 1. The zero-order chi connectivity index (χ0) is 15.9. The van der Waals surface area contributed by atoms with Gasteiger partial charge in [-0.25, -0.2) is 4.79 Å². The summed E-state index contributed by atoms with van der Waals surface area (Å²) in [6.07, 6.45) is 4.39. The van der Waals surface area contributed by atoms with Crippen molar-refractivity contribution in [3.63, 3.8) is 0 Å². The molecule has 0 spiro atoms. The zero-order valence-electron chi connectivity index (χ0n) is 12.5. The summed E-state index contributed by atoms with van der Waals surface area (Å²) in [6.45, 7) is 0.943. The largest absolute Gasteiger partial charge is 0.497 e. The lowest BCUT2D eigenvalue weighted by molar-refractivity contribution is -0.143. The zero-order valence-corrected chi connectivity index (χ0v) is 12.5. The van der Waals surface area contributed by atoms with E-state index in [9.17, 15) is 9.59 Å². The molecular formula is C16H20N2O4. The predicted molar refractivity (Wildman–Crippen MR) is 82.5 cm³/mol. The maximum Gasteiger partial charge on any atom is 0.321 e. The van der Waals surface area contributed by atoms with Crippen molar-refractivity contribution in [3.05, 3.63) is 36.0 Å². The smallest absolute Gasteiger partial charge is 0.321 e. The van der Waals surface area contributed by atoms with E-state index in [1.807, 2.05) is 24.3 Å². The van der Waals surface area contributed by atoms with E-state index in [1.54, 1.807) is 24.3 Å². The second-order valence-corrected chi connectivity index (χ2v) is 5.16. The number of likely N-dealkylation sites (tertiary alicyclic amines) is 1. The molecule has 1 aromatic rings. The third-order valence-electron chi connectivity index (χ3n) is 3.73. The van der Waals surface area contributed by atoms with Gasteiger partial charge in [-0.3, -0.25) is 4.79 Å². The molecule has 1 heterocycles. The summed E-state index contributed by atoms with van der Waals surface area (Å²) >= 11 is 0. The summed E-state index contributed by atoms with van der Waals surface area (Å²) in [5, 5.41) is 11.6. The van der Waals surface area contributed by atoms with Gasteiger partial charge in [0.1, 0.15) is 5.75 Å². The van der Waals surface area contributed by atoms with Crippen molar-refractivity contribution in [1.29, 1.82) is 0 Å². The molecule has 2 N–H and O–H groups in total. The molecule has 0 saturated carbocycles. The van der Waals surface area contributed by atoms with Gasteiger partial charge in [0.25, 0.3) is 0 Å². The average Bonchev–Trinajstić information content (AvgIpc) is 2.55. The van der Waals surface area contributed by atoms with Crippen LogP contribution in [0.4, 0.5) is 4.79 Å². The number of nitrogens with one attached hydrogen (secondary N) is 1. The molecule has 1 aliphatic heterocycles. The lowest BCUT2D eigenvalue weighted by Crippen LogP contribution is -2.44. The lowest BCUT2D eigenvalue weighted by atomic mass is 9.97. The Morgan fingerprint density at radius 2 is 1.91 bits per heavy atom. The Balaban J connectivity index is 1.80. The van der Waals surface area contributed by atoms with Gasteiger partial charge in [0, 0.05) is 19.3 Å². The third-order valence-corrected chi connectivity index (χ3v) is 3.73. The average molecular weight is 304 g/mol. The highest BCUT2D eigenvalue weighted by Gasteiger charge is 2.26. The molecule has 6 nitrogen and oxygen atoms in total. The van der Waals surface area contributed by atoms with Crippen molar-refractivity contribution in [3.8, 4) is 5.75 Å². The first kappa shape index (κ1) is 15.9. The van der Waals surface area contributed by atoms with Crippen molar-refractivity contribution in [2.75, 3.05) is 20.2 Å². The van der Waals surface area contributed by atoms with Crippen LogP contribution in [0.3, 0.4) is 0 Å². The normalized spacial score (nSPS) is 15.8. The Labute approximate surface area is 129 Å².